The molecule has 0 aliphatic heterocycles. The first-order chi connectivity index (χ1) is 7.25. The van der Waals surface area contributed by atoms with Crippen molar-refractivity contribution in [3.05, 3.63) is 48.3 Å². The molecule has 15 heavy (non-hydrogen) atoms. The molecular formula is C10H10FN3O. The van der Waals surface area contributed by atoms with E-state index in [1.54, 1.807) is 12.1 Å². The first-order valence-corrected chi connectivity index (χ1v) is 4.51. The Balaban J connectivity index is 2.08. The highest BCUT2D eigenvalue weighted by molar-refractivity contribution is 5.18. The van der Waals surface area contributed by atoms with Crippen molar-refractivity contribution in [3.8, 4) is 0 Å². The molecule has 0 aliphatic carbocycles. The van der Waals surface area contributed by atoms with Crippen molar-refractivity contribution < 1.29 is 9.50 Å². The normalized spacial score (nSPS) is 12.7. The van der Waals surface area contributed by atoms with Gasteiger partial charge in [-0.2, -0.15) is 5.10 Å². The van der Waals surface area contributed by atoms with Crippen molar-refractivity contribution >= 4 is 0 Å². The van der Waals surface area contributed by atoms with Gasteiger partial charge in [0.05, 0.1) is 12.6 Å². The zero-order chi connectivity index (χ0) is 10.7. The second-order valence-electron chi connectivity index (χ2n) is 3.18. The number of nitrogens with zero attached hydrogens (tertiary/aromatic N) is 3. The van der Waals surface area contributed by atoms with Gasteiger partial charge in [0.25, 0.3) is 0 Å². The Bertz CT molecular complexity index is 413. The lowest BCUT2D eigenvalue weighted by molar-refractivity contribution is 0.151. The van der Waals surface area contributed by atoms with Crippen LogP contribution in [0.5, 0.6) is 0 Å². The van der Waals surface area contributed by atoms with Crippen LogP contribution < -0.4 is 0 Å². The molecule has 0 radical (unpaired) electrons. The lowest BCUT2D eigenvalue weighted by atomic mass is 10.1. The Labute approximate surface area is 86.0 Å². The number of aromatic nitrogens is 3. The highest BCUT2D eigenvalue weighted by Gasteiger charge is 2.08. The molecule has 0 saturated heterocycles. The van der Waals surface area contributed by atoms with Gasteiger partial charge in [-0.25, -0.2) is 9.37 Å². The van der Waals surface area contributed by atoms with E-state index in [1.165, 1.54) is 29.5 Å². The fraction of sp³-hybridized carbons (Fsp3) is 0.200. The van der Waals surface area contributed by atoms with Crippen molar-refractivity contribution in [2.45, 2.75) is 12.6 Å². The van der Waals surface area contributed by atoms with E-state index in [2.05, 4.69) is 10.1 Å². The molecule has 1 heterocycles. The van der Waals surface area contributed by atoms with Crippen LogP contribution in [0.4, 0.5) is 4.39 Å². The minimum atomic E-state index is -0.702. The SMILES string of the molecule is OC(Cn1cncn1)c1ccc(F)cc1. The van der Waals surface area contributed by atoms with Gasteiger partial charge in [-0.05, 0) is 17.7 Å². The van der Waals surface area contributed by atoms with Crippen molar-refractivity contribution in [3.63, 3.8) is 0 Å². The summed E-state index contributed by atoms with van der Waals surface area (Å²) in [4.78, 5) is 3.76. The van der Waals surface area contributed by atoms with Crippen molar-refractivity contribution in [2.24, 2.45) is 0 Å². The number of aliphatic hydroxyl groups excluding tert-OH is 1. The molecule has 1 unspecified atom stereocenters. The van der Waals surface area contributed by atoms with Gasteiger partial charge in [0.15, 0.2) is 0 Å². The van der Waals surface area contributed by atoms with Crippen molar-refractivity contribution in [1.29, 1.82) is 0 Å². The molecule has 0 fully saturated rings. The van der Waals surface area contributed by atoms with Crippen LogP contribution in [0.25, 0.3) is 0 Å². The van der Waals surface area contributed by atoms with Crippen LogP contribution in [0.3, 0.4) is 0 Å². The summed E-state index contributed by atoms with van der Waals surface area (Å²) in [7, 11) is 0. The van der Waals surface area contributed by atoms with Gasteiger partial charge in [-0.1, -0.05) is 12.1 Å². The van der Waals surface area contributed by atoms with Crippen molar-refractivity contribution in [1.82, 2.24) is 14.8 Å². The highest BCUT2D eigenvalue weighted by Crippen LogP contribution is 2.14. The van der Waals surface area contributed by atoms with Gasteiger partial charge < -0.3 is 5.11 Å². The number of rotatable bonds is 3. The molecule has 4 nitrogen and oxygen atoms in total. The standard InChI is InChI=1S/C10H10FN3O/c11-9-3-1-8(2-4-9)10(15)5-14-7-12-6-13-14/h1-4,6-7,10,15H,5H2. The third kappa shape index (κ3) is 2.38. The van der Waals surface area contributed by atoms with E-state index in [-0.39, 0.29) is 5.82 Å². The fourth-order valence-corrected chi connectivity index (χ4v) is 1.29. The molecule has 5 heteroatoms. The first kappa shape index (κ1) is 9.79. The Morgan fingerprint density at radius 1 is 1.33 bits per heavy atom. The summed E-state index contributed by atoms with van der Waals surface area (Å²) in [5.41, 5.74) is 0.659. The molecule has 2 rings (SSSR count). The van der Waals surface area contributed by atoms with E-state index in [1.807, 2.05) is 0 Å². The number of hydrogen-bond acceptors (Lipinski definition) is 3. The first-order valence-electron chi connectivity index (χ1n) is 4.51. The van der Waals surface area contributed by atoms with Crippen LogP contribution in [0.15, 0.2) is 36.9 Å². The molecule has 0 bridgehead atoms. The second-order valence-corrected chi connectivity index (χ2v) is 3.18. The van der Waals surface area contributed by atoms with Crippen LogP contribution in [-0.2, 0) is 6.54 Å². The van der Waals surface area contributed by atoms with E-state index in [4.69, 9.17) is 0 Å². The molecular weight excluding hydrogens is 197 g/mol. The molecule has 1 N–H and O–H groups in total. The number of hydrogen-bond donors (Lipinski definition) is 1. The predicted octanol–water partition coefficient (Wildman–Crippen LogP) is 1.15. The Morgan fingerprint density at radius 2 is 2.07 bits per heavy atom. The maximum absolute atomic E-state index is 12.6. The molecule has 0 spiro atoms. The van der Waals surface area contributed by atoms with Gasteiger partial charge in [0.2, 0.25) is 0 Å². The van der Waals surface area contributed by atoms with Gasteiger partial charge in [-0.3, -0.25) is 4.68 Å². The maximum Gasteiger partial charge on any atom is 0.137 e. The predicted molar refractivity (Wildman–Crippen MR) is 51.4 cm³/mol. The summed E-state index contributed by atoms with van der Waals surface area (Å²) in [5.74, 6) is -0.313. The van der Waals surface area contributed by atoms with E-state index in [0.29, 0.717) is 12.1 Å². The smallest absolute Gasteiger partial charge is 0.137 e. The van der Waals surface area contributed by atoms with Crippen LogP contribution in [0.2, 0.25) is 0 Å². The van der Waals surface area contributed by atoms with Crippen LogP contribution in [0.1, 0.15) is 11.7 Å². The van der Waals surface area contributed by atoms with E-state index >= 15 is 0 Å². The lowest BCUT2D eigenvalue weighted by Crippen LogP contribution is -2.09. The molecule has 2 aromatic rings. The summed E-state index contributed by atoms with van der Waals surface area (Å²) in [5, 5.41) is 13.6. The number of aliphatic hydroxyl groups is 1. The van der Waals surface area contributed by atoms with E-state index in [0.717, 1.165) is 0 Å². The quantitative estimate of drug-likeness (QED) is 0.821. The Morgan fingerprint density at radius 3 is 2.67 bits per heavy atom. The van der Waals surface area contributed by atoms with Gasteiger partial charge in [-0.15, -0.1) is 0 Å². The highest BCUT2D eigenvalue weighted by atomic mass is 19.1. The average molecular weight is 207 g/mol. The number of halogens is 1. The van der Waals surface area contributed by atoms with Crippen LogP contribution in [0, 0.1) is 5.82 Å². The van der Waals surface area contributed by atoms with E-state index < -0.39 is 6.10 Å². The third-order valence-corrected chi connectivity index (χ3v) is 2.08. The van der Waals surface area contributed by atoms with Crippen molar-refractivity contribution in [2.75, 3.05) is 0 Å². The van der Waals surface area contributed by atoms with Gasteiger partial charge in [0.1, 0.15) is 18.5 Å². The maximum atomic E-state index is 12.6. The monoisotopic (exact) mass is 207 g/mol. The minimum Gasteiger partial charge on any atom is -0.386 e. The largest absolute Gasteiger partial charge is 0.386 e. The molecule has 0 aliphatic rings. The summed E-state index contributed by atoms with van der Waals surface area (Å²) < 4.78 is 14.1. The Kier molecular flexibility index (Phi) is 2.73. The van der Waals surface area contributed by atoms with Crippen LogP contribution in [-0.4, -0.2) is 19.9 Å². The van der Waals surface area contributed by atoms with Gasteiger partial charge >= 0.3 is 0 Å². The molecule has 0 amide bonds. The van der Waals surface area contributed by atoms with E-state index in [9.17, 15) is 9.50 Å². The second kappa shape index (κ2) is 4.18. The van der Waals surface area contributed by atoms with Gasteiger partial charge in [0, 0.05) is 0 Å². The molecule has 1 atom stereocenters. The summed E-state index contributed by atoms with van der Waals surface area (Å²) in [6, 6.07) is 5.74. The average Bonchev–Trinajstić information content (AvgIpc) is 2.71. The number of benzene rings is 1. The topological polar surface area (TPSA) is 50.9 Å². The van der Waals surface area contributed by atoms with Crippen LogP contribution >= 0.6 is 0 Å². The lowest BCUT2D eigenvalue weighted by Gasteiger charge is -2.10. The third-order valence-electron chi connectivity index (χ3n) is 2.08. The summed E-state index contributed by atoms with van der Waals surface area (Å²) in [6.45, 7) is 0.311. The Hall–Kier alpha value is -1.75. The summed E-state index contributed by atoms with van der Waals surface area (Å²) >= 11 is 0. The zero-order valence-corrected chi connectivity index (χ0v) is 7.92. The molecule has 1 aromatic heterocycles. The fourth-order valence-electron chi connectivity index (χ4n) is 1.29. The molecule has 1 aromatic carbocycles. The minimum absolute atomic E-state index is 0.311. The summed E-state index contributed by atoms with van der Waals surface area (Å²) in [6.07, 6.45) is 2.22. The molecule has 78 valence electrons. The molecule has 0 saturated carbocycles. The zero-order valence-electron chi connectivity index (χ0n) is 7.92.